The molecule has 0 saturated heterocycles. The van der Waals surface area contributed by atoms with Gasteiger partial charge < -0.3 is 9.88 Å². The van der Waals surface area contributed by atoms with Crippen molar-refractivity contribution in [3.63, 3.8) is 0 Å². The Hall–Kier alpha value is -1.61. The molecule has 3 rings (SSSR count). The molecule has 1 fully saturated rings. The first kappa shape index (κ1) is 12.4. The fraction of sp³-hybridized carbons (Fsp3) is 0.375. The minimum atomic E-state index is -0.180. The molecule has 0 bridgehead atoms. The van der Waals surface area contributed by atoms with Gasteiger partial charge in [-0.3, -0.25) is 0 Å². The minimum absolute atomic E-state index is 0.180. The summed E-state index contributed by atoms with van der Waals surface area (Å²) in [5.41, 5.74) is 1.73. The van der Waals surface area contributed by atoms with Gasteiger partial charge in [-0.15, -0.1) is 0 Å². The van der Waals surface area contributed by atoms with Crippen molar-refractivity contribution in [2.24, 2.45) is 0 Å². The van der Waals surface area contributed by atoms with Crippen molar-refractivity contribution in [2.75, 3.05) is 0 Å². The summed E-state index contributed by atoms with van der Waals surface area (Å²) in [7, 11) is 0. The quantitative estimate of drug-likeness (QED) is 0.885. The molecule has 1 aliphatic rings. The number of nitrogens with one attached hydrogen (secondary N) is 1. The number of halogens is 1. The van der Waals surface area contributed by atoms with Crippen LogP contribution >= 0.6 is 0 Å². The lowest BCUT2D eigenvalue weighted by atomic mass is 10.2. The summed E-state index contributed by atoms with van der Waals surface area (Å²) in [6.07, 6.45) is 7.10. The lowest BCUT2D eigenvalue weighted by molar-refractivity contribution is 0.515. The summed E-state index contributed by atoms with van der Waals surface area (Å²) in [4.78, 5) is 0. The Morgan fingerprint density at radius 3 is 2.68 bits per heavy atom. The van der Waals surface area contributed by atoms with E-state index in [-0.39, 0.29) is 5.82 Å². The van der Waals surface area contributed by atoms with Crippen LogP contribution in [0.1, 0.15) is 31.4 Å². The highest BCUT2D eigenvalue weighted by atomic mass is 19.1. The van der Waals surface area contributed by atoms with Gasteiger partial charge in [0, 0.05) is 24.5 Å². The average molecular weight is 258 g/mol. The molecule has 1 saturated carbocycles. The first-order chi connectivity index (χ1) is 9.34. The number of hydrogen-bond acceptors (Lipinski definition) is 1. The van der Waals surface area contributed by atoms with Crippen molar-refractivity contribution < 1.29 is 4.39 Å². The van der Waals surface area contributed by atoms with Gasteiger partial charge in [-0.2, -0.15) is 0 Å². The van der Waals surface area contributed by atoms with E-state index >= 15 is 0 Å². The van der Waals surface area contributed by atoms with Gasteiger partial charge in [-0.25, -0.2) is 4.39 Å². The molecule has 1 aliphatic carbocycles. The van der Waals surface area contributed by atoms with E-state index in [9.17, 15) is 4.39 Å². The maximum Gasteiger partial charge on any atom is 0.147 e. The average Bonchev–Trinajstić information content (AvgIpc) is 3.08. The standard InChI is InChI=1S/C16H19FN2/c17-15-9-3-4-10-16(15)19-11-5-8-14(19)12-18-13-6-1-2-7-13/h3-5,8-11,13,18H,1-2,6-7,12H2. The van der Waals surface area contributed by atoms with E-state index in [1.54, 1.807) is 6.07 Å². The zero-order valence-electron chi connectivity index (χ0n) is 11.0. The molecule has 2 aromatic rings. The molecule has 1 heterocycles. The van der Waals surface area contributed by atoms with Crippen LogP contribution in [0.15, 0.2) is 42.6 Å². The second kappa shape index (κ2) is 5.57. The molecule has 100 valence electrons. The van der Waals surface area contributed by atoms with Gasteiger partial charge in [0.1, 0.15) is 5.82 Å². The fourth-order valence-electron chi connectivity index (χ4n) is 2.82. The van der Waals surface area contributed by atoms with E-state index in [4.69, 9.17) is 0 Å². The van der Waals surface area contributed by atoms with Crippen LogP contribution in [0.4, 0.5) is 4.39 Å². The Morgan fingerprint density at radius 2 is 1.89 bits per heavy atom. The summed E-state index contributed by atoms with van der Waals surface area (Å²) in [5.74, 6) is -0.180. The first-order valence-electron chi connectivity index (χ1n) is 6.99. The maximum atomic E-state index is 13.8. The van der Waals surface area contributed by atoms with Crippen LogP contribution in [0.2, 0.25) is 0 Å². The van der Waals surface area contributed by atoms with E-state index in [0.29, 0.717) is 11.7 Å². The van der Waals surface area contributed by atoms with Crippen LogP contribution in [0.5, 0.6) is 0 Å². The number of hydrogen-bond donors (Lipinski definition) is 1. The Kier molecular flexibility index (Phi) is 3.65. The highest BCUT2D eigenvalue weighted by Crippen LogP contribution is 2.20. The van der Waals surface area contributed by atoms with Gasteiger partial charge in [0.2, 0.25) is 0 Å². The SMILES string of the molecule is Fc1ccccc1-n1cccc1CNC1CCCC1. The van der Waals surface area contributed by atoms with Crippen LogP contribution in [-0.2, 0) is 6.54 Å². The molecule has 3 heteroatoms. The molecule has 0 aliphatic heterocycles. The normalized spacial score (nSPS) is 16.1. The summed E-state index contributed by atoms with van der Waals surface area (Å²) in [6.45, 7) is 0.798. The van der Waals surface area contributed by atoms with E-state index < -0.39 is 0 Å². The number of aromatic nitrogens is 1. The van der Waals surface area contributed by atoms with E-state index in [1.165, 1.54) is 31.7 Å². The summed E-state index contributed by atoms with van der Waals surface area (Å²) >= 11 is 0. The lowest BCUT2D eigenvalue weighted by Gasteiger charge is -2.14. The predicted octanol–water partition coefficient (Wildman–Crippen LogP) is 3.65. The fourth-order valence-corrected chi connectivity index (χ4v) is 2.82. The summed E-state index contributed by atoms with van der Waals surface area (Å²) in [5, 5.41) is 3.57. The Bertz CT molecular complexity index is 541. The molecule has 0 atom stereocenters. The summed E-state index contributed by atoms with van der Waals surface area (Å²) in [6, 6.07) is 11.6. The Labute approximate surface area is 113 Å². The first-order valence-corrected chi connectivity index (χ1v) is 6.99. The highest BCUT2D eigenvalue weighted by Gasteiger charge is 2.15. The maximum absolute atomic E-state index is 13.8. The van der Waals surface area contributed by atoms with Gasteiger partial charge in [0.25, 0.3) is 0 Å². The molecule has 0 spiro atoms. The largest absolute Gasteiger partial charge is 0.317 e. The number of nitrogens with zero attached hydrogens (tertiary/aromatic N) is 1. The molecule has 1 aromatic heterocycles. The van der Waals surface area contributed by atoms with Gasteiger partial charge >= 0.3 is 0 Å². The van der Waals surface area contributed by atoms with Crippen LogP contribution in [0, 0.1) is 5.82 Å². The Morgan fingerprint density at radius 1 is 1.11 bits per heavy atom. The van der Waals surface area contributed by atoms with Crippen molar-refractivity contribution in [1.82, 2.24) is 9.88 Å². The number of para-hydroxylation sites is 1. The van der Waals surface area contributed by atoms with E-state index in [1.807, 2.05) is 35.0 Å². The topological polar surface area (TPSA) is 17.0 Å². The highest BCUT2D eigenvalue weighted by molar-refractivity contribution is 5.36. The van der Waals surface area contributed by atoms with Crippen molar-refractivity contribution >= 4 is 0 Å². The zero-order valence-corrected chi connectivity index (χ0v) is 11.0. The molecule has 2 nitrogen and oxygen atoms in total. The lowest BCUT2D eigenvalue weighted by Crippen LogP contribution is -2.26. The molecule has 1 aromatic carbocycles. The second-order valence-corrected chi connectivity index (χ2v) is 5.18. The van der Waals surface area contributed by atoms with Crippen molar-refractivity contribution in [1.29, 1.82) is 0 Å². The number of rotatable bonds is 4. The van der Waals surface area contributed by atoms with Crippen LogP contribution in [-0.4, -0.2) is 10.6 Å². The molecule has 0 amide bonds. The third-order valence-corrected chi connectivity index (χ3v) is 3.87. The molecule has 19 heavy (non-hydrogen) atoms. The Balaban J connectivity index is 1.76. The second-order valence-electron chi connectivity index (χ2n) is 5.18. The monoisotopic (exact) mass is 258 g/mol. The third-order valence-electron chi connectivity index (χ3n) is 3.87. The molecular weight excluding hydrogens is 239 g/mol. The van der Waals surface area contributed by atoms with Crippen molar-refractivity contribution in [3.05, 3.63) is 54.1 Å². The van der Waals surface area contributed by atoms with Crippen LogP contribution in [0.25, 0.3) is 5.69 Å². The van der Waals surface area contributed by atoms with Crippen LogP contribution < -0.4 is 5.32 Å². The molecule has 0 radical (unpaired) electrons. The van der Waals surface area contributed by atoms with Crippen molar-refractivity contribution in [2.45, 2.75) is 38.3 Å². The third kappa shape index (κ3) is 2.71. The zero-order chi connectivity index (χ0) is 13.1. The molecule has 0 unspecified atom stereocenters. The van der Waals surface area contributed by atoms with Gasteiger partial charge in [0.05, 0.1) is 5.69 Å². The molecular formula is C16H19FN2. The van der Waals surface area contributed by atoms with Crippen molar-refractivity contribution in [3.8, 4) is 5.69 Å². The molecule has 1 N–H and O–H groups in total. The predicted molar refractivity (Wildman–Crippen MR) is 74.8 cm³/mol. The number of benzene rings is 1. The van der Waals surface area contributed by atoms with Gasteiger partial charge in [-0.1, -0.05) is 25.0 Å². The van der Waals surface area contributed by atoms with E-state index in [2.05, 4.69) is 5.32 Å². The van der Waals surface area contributed by atoms with Gasteiger partial charge in [-0.05, 0) is 37.1 Å². The minimum Gasteiger partial charge on any atom is -0.317 e. The van der Waals surface area contributed by atoms with Gasteiger partial charge in [0.15, 0.2) is 0 Å². The smallest absolute Gasteiger partial charge is 0.147 e. The summed E-state index contributed by atoms with van der Waals surface area (Å²) < 4.78 is 15.8. The van der Waals surface area contributed by atoms with E-state index in [0.717, 1.165) is 12.2 Å². The van der Waals surface area contributed by atoms with Crippen LogP contribution in [0.3, 0.4) is 0 Å².